The number of rotatable bonds is 6. The molecular weight excluding hydrogens is 429 g/mol. The van der Waals surface area contributed by atoms with Crippen molar-refractivity contribution < 1.29 is 19.0 Å². The first-order valence-electron chi connectivity index (χ1n) is 11.5. The fourth-order valence-electron chi connectivity index (χ4n) is 4.84. The number of aliphatic carboxylic acids is 1. The molecule has 176 valence electrons. The minimum atomic E-state index is -0.988. The van der Waals surface area contributed by atoms with Gasteiger partial charge in [-0.25, -0.2) is 9.18 Å². The molecule has 1 unspecified atom stereocenters. The first kappa shape index (κ1) is 23.6. The van der Waals surface area contributed by atoms with Crippen molar-refractivity contribution in [2.24, 2.45) is 0 Å². The highest BCUT2D eigenvalue weighted by Crippen LogP contribution is 2.45. The number of hydrogen-bond acceptors (Lipinski definition) is 3. The Morgan fingerprint density at radius 3 is 2.47 bits per heavy atom. The summed E-state index contributed by atoms with van der Waals surface area (Å²) in [7, 11) is 1.66. The molecule has 0 radical (unpaired) electrons. The van der Waals surface area contributed by atoms with Gasteiger partial charge in [0, 0.05) is 12.6 Å². The summed E-state index contributed by atoms with van der Waals surface area (Å²) in [5.74, 6) is -0.167. The summed E-state index contributed by atoms with van der Waals surface area (Å²) in [6, 6.07) is 19.4. The van der Waals surface area contributed by atoms with E-state index in [9.17, 15) is 4.79 Å². The maximum Gasteiger partial charge on any atom is 0.328 e. The van der Waals surface area contributed by atoms with Crippen molar-refractivity contribution >= 4 is 17.7 Å². The van der Waals surface area contributed by atoms with Crippen molar-refractivity contribution in [1.82, 2.24) is 0 Å². The zero-order valence-electron chi connectivity index (χ0n) is 20.0. The van der Waals surface area contributed by atoms with E-state index in [0.717, 1.165) is 40.5 Å². The molecule has 0 spiro atoms. The predicted molar refractivity (Wildman–Crippen MR) is 134 cm³/mol. The Balaban J connectivity index is 1.86. The fourth-order valence-corrected chi connectivity index (χ4v) is 4.84. The van der Waals surface area contributed by atoms with Crippen LogP contribution in [0.1, 0.15) is 54.5 Å². The number of carboxylic acid groups (broad SMARTS) is 1. The molecule has 3 aromatic rings. The summed E-state index contributed by atoms with van der Waals surface area (Å²) in [5.41, 5.74) is 4.98. The number of halogens is 1. The molecule has 1 atom stereocenters. The quantitative estimate of drug-likeness (QED) is 0.435. The molecule has 1 heterocycles. The average Bonchev–Trinajstić information content (AvgIpc) is 2.83. The molecule has 1 aliphatic heterocycles. The molecule has 1 aliphatic rings. The summed E-state index contributed by atoms with van der Waals surface area (Å²) in [6.45, 7) is 6.89. The number of fused-ring (bicyclic) bond motifs is 1. The Kier molecular flexibility index (Phi) is 6.47. The largest absolute Gasteiger partial charge is 0.497 e. The number of carboxylic acids is 1. The van der Waals surface area contributed by atoms with Crippen LogP contribution in [0.2, 0.25) is 0 Å². The van der Waals surface area contributed by atoms with Crippen molar-refractivity contribution in [1.29, 1.82) is 0 Å². The highest BCUT2D eigenvalue weighted by molar-refractivity contribution is 5.85. The van der Waals surface area contributed by atoms with E-state index in [1.54, 1.807) is 19.3 Å². The Labute approximate surface area is 200 Å². The molecule has 0 bridgehead atoms. The fraction of sp³-hybridized carbons (Fsp3) is 0.276. The maximum absolute atomic E-state index is 15.5. The lowest BCUT2D eigenvalue weighted by Gasteiger charge is -2.48. The molecule has 0 aromatic heterocycles. The van der Waals surface area contributed by atoms with E-state index in [0.29, 0.717) is 12.2 Å². The van der Waals surface area contributed by atoms with Crippen LogP contribution in [-0.2, 0) is 16.8 Å². The van der Waals surface area contributed by atoms with Crippen LogP contribution in [-0.4, -0.2) is 24.7 Å². The van der Waals surface area contributed by atoms with Gasteiger partial charge in [-0.1, -0.05) is 50.2 Å². The monoisotopic (exact) mass is 459 g/mol. The smallest absolute Gasteiger partial charge is 0.328 e. The molecule has 0 fully saturated rings. The minimum absolute atomic E-state index is 0.226. The van der Waals surface area contributed by atoms with Crippen LogP contribution in [0.3, 0.4) is 0 Å². The van der Waals surface area contributed by atoms with Crippen molar-refractivity contribution in [3.05, 3.63) is 100 Å². The number of methoxy groups -OCH3 is 1. The lowest BCUT2D eigenvalue weighted by atomic mass is 9.76. The molecule has 4 nitrogen and oxygen atoms in total. The zero-order valence-corrected chi connectivity index (χ0v) is 20.0. The summed E-state index contributed by atoms with van der Waals surface area (Å²) in [4.78, 5) is 13.0. The van der Waals surface area contributed by atoms with Crippen molar-refractivity contribution in [3.8, 4) is 5.75 Å². The molecule has 0 amide bonds. The van der Waals surface area contributed by atoms with Crippen molar-refractivity contribution in [2.75, 3.05) is 18.6 Å². The van der Waals surface area contributed by atoms with Gasteiger partial charge in [-0.15, -0.1) is 0 Å². The average molecular weight is 460 g/mol. The third kappa shape index (κ3) is 4.30. The zero-order chi connectivity index (χ0) is 24.5. The first-order chi connectivity index (χ1) is 16.2. The van der Waals surface area contributed by atoms with Gasteiger partial charge in [-0.3, -0.25) is 0 Å². The molecule has 0 saturated carbocycles. The second-order valence-corrected chi connectivity index (χ2v) is 9.16. The second-order valence-electron chi connectivity index (χ2n) is 9.16. The van der Waals surface area contributed by atoms with E-state index in [-0.39, 0.29) is 11.7 Å². The van der Waals surface area contributed by atoms with E-state index in [4.69, 9.17) is 9.84 Å². The maximum atomic E-state index is 15.5. The van der Waals surface area contributed by atoms with Crippen LogP contribution in [0.15, 0.2) is 66.7 Å². The Morgan fingerprint density at radius 1 is 1.12 bits per heavy atom. The standard InChI is InChI=1S/C29H30FNO3/c1-19(2)21-8-13-27(26(30)18-21)31-16-15-22-17-24(34-4)11-12-25(22)29(31,3)23-9-5-20(6-10-23)7-14-28(32)33/h5-14,17-19H,15-16H2,1-4H3,(H,32,33). The number of ether oxygens (including phenoxy) is 1. The minimum Gasteiger partial charge on any atom is -0.497 e. The van der Waals surface area contributed by atoms with Crippen LogP contribution >= 0.6 is 0 Å². The summed E-state index contributed by atoms with van der Waals surface area (Å²) < 4.78 is 20.9. The van der Waals surface area contributed by atoms with Gasteiger partial charge in [0.25, 0.3) is 0 Å². The summed E-state index contributed by atoms with van der Waals surface area (Å²) in [6.07, 6.45) is 3.46. The van der Waals surface area contributed by atoms with Crippen LogP contribution in [0.25, 0.3) is 6.08 Å². The van der Waals surface area contributed by atoms with E-state index < -0.39 is 11.5 Å². The SMILES string of the molecule is COc1ccc2c(c1)CCN(c1ccc(C(C)C)cc1F)C2(C)c1ccc(C=CC(=O)O)cc1. The van der Waals surface area contributed by atoms with Crippen molar-refractivity contribution in [3.63, 3.8) is 0 Å². The van der Waals surface area contributed by atoms with Gasteiger partial charge in [0.15, 0.2) is 0 Å². The molecule has 0 aliphatic carbocycles. The van der Waals surface area contributed by atoms with E-state index in [2.05, 4.69) is 37.8 Å². The molecule has 0 saturated heterocycles. The molecule has 1 N–H and O–H groups in total. The molecule has 5 heteroatoms. The topological polar surface area (TPSA) is 49.8 Å². The molecule has 3 aromatic carbocycles. The molecule has 4 rings (SSSR count). The van der Waals surface area contributed by atoms with E-state index in [1.165, 1.54) is 5.56 Å². The first-order valence-corrected chi connectivity index (χ1v) is 11.5. The number of anilines is 1. The molecule has 34 heavy (non-hydrogen) atoms. The highest BCUT2D eigenvalue weighted by Gasteiger charge is 2.41. The lowest BCUT2D eigenvalue weighted by Crippen LogP contribution is -2.50. The highest BCUT2D eigenvalue weighted by atomic mass is 19.1. The third-order valence-electron chi connectivity index (χ3n) is 6.80. The van der Waals surface area contributed by atoms with Gasteiger partial charge in [0.05, 0.1) is 18.3 Å². The van der Waals surface area contributed by atoms with E-state index in [1.807, 2.05) is 42.5 Å². The van der Waals surface area contributed by atoms with Gasteiger partial charge in [0.1, 0.15) is 11.6 Å². The van der Waals surface area contributed by atoms with Gasteiger partial charge in [0.2, 0.25) is 0 Å². The summed E-state index contributed by atoms with van der Waals surface area (Å²) >= 11 is 0. The van der Waals surface area contributed by atoms with Gasteiger partial charge in [-0.2, -0.15) is 0 Å². The van der Waals surface area contributed by atoms with Gasteiger partial charge >= 0.3 is 5.97 Å². The number of benzene rings is 3. The third-order valence-corrected chi connectivity index (χ3v) is 6.80. The molecular formula is C29H30FNO3. The Morgan fingerprint density at radius 2 is 1.85 bits per heavy atom. The number of nitrogens with zero attached hydrogens (tertiary/aromatic N) is 1. The van der Waals surface area contributed by atoms with Crippen molar-refractivity contribution in [2.45, 2.75) is 38.6 Å². The normalized spacial score (nSPS) is 17.8. The van der Waals surface area contributed by atoms with Gasteiger partial charge < -0.3 is 14.7 Å². The van der Waals surface area contributed by atoms with Crippen LogP contribution in [0, 0.1) is 5.82 Å². The van der Waals surface area contributed by atoms with Crippen LogP contribution in [0.5, 0.6) is 5.75 Å². The Hall–Kier alpha value is -3.60. The Bertz CT molecular complexity index is 1230. The van der Waals surface area contributed by atoms with Crippen LogP contribution < -0.4 is 9.64 Å². The van der Waals surface area contributed by atoms with Crippen LogP contribution in [0.4, 0.5) is 10.1 Å². The second kappa shape index (κ2) is 9.34. The summed E-state index contributed by atoms with van der Waals surface area (Å²) in [5, 5.41) is 8.93. The number of carbonyl (C=O) groups is 1. The predicted octanol–water partition coefficient (Wildman–Crippen LogP) is 6.38. The number of hydrogen-bond donors (Lipinski definition) is 1. The lowest BCUT2D eigenvalue weighted by molar-refractivity contribution is -0.131. The van der Waals surface area contributed by atoms with E-state index >= 15 is 4.39 Å². The van der Waals surface area contributed by atoms with Gasteiger partial charge in [-0.05, 0) is 77.4 Å².